The van der Waals surface area contributed by atoms with Gasteiger partial charge in [-0.25, -0.2) is 4.98 Å². The first kappa shape index (κ1) is 17.5. The van der Waals surface area contributed by atoms with E-state index in [0.29, 0.717) is 24.7 Å². The summed E-state index contributed by atoms with van der Waals surface area (Å²) in [6, 6.07) is 20.3. The van der Waals surface area contributed by atoms with Crippen LogP contribution < -0.4 is 5.32 Å². The van der Waals surface area contributed by atoms with Crippen LogP contribution in [0.2, 0.25) is 0 Å². The van der Waals surface area contributed by atoms with Crippen molar-refractivity contribution < 1.29 is 9.21 Å². The summed E-state index contributed by atoms with van der Waals surface area (Å²) in [6.45, 7) is 0. The van der Waals surface area contributed by atoms with E-state index in [1.54, 1.807) is 6.20 Å². The lowest BCUT2D eigenvalue weighted by Gasteiger charge is -2.18. The zero-order valence-electron chi connectivity index (χ0n) is 15.3. The molecule has 0 aliphatic heterocycles. The number of rotatable bonds is 8. The van der Waals surface area contributed by atoms with Gasteiger partial charge in [0.05, 0.1) is 12.2 Å². The molecule has 1 saturated carbocycles. The Labute approximate surface area is 159 Å². The highest BCUT2D eigenvalue weighted by Crippen LogP contribution is 2.41. The number of aromatic nitrogens is 1. The topological polar surface area (TPSA) is 55.1 Å². The van der Waals surface area contributed by atoms with E-state index in [2.05, 4.69) is 22.4 Å². The molecule has 0 unspecified atom stereocenters. The van der Waals surface area contributed by atoms with Crippen molar-refractivity contribution in [2.45, 2.75) is 38.1 Å². The molecule has 1 aliphatic rings. The summed E-state index contributed by atoms with van der Waals surface area (Å²) in [7, 11) is 0. The Hall–Kier alpha value is -2.88. The number of nitrogens with zero attached hydrogens (tertiary/aromatic N) is 1. The summed E-state index contributed by atoms with van der Waals surface area (Å²) in [4.78, 5) is 16.8. The summed E-state index contributed by atoms with van der Waals surface area (Å²) in [5, 5.41) is 3.22. The van der Waals surface area contributed by atoms with Crippen LogP contribution in [0.5, 0.6) is 0 Å². The van der Waals surface area contributed by atoms with Crippen LogP contribution in [0.3, 0.4) is 0 Å². The molecule has 0 saturated heterocycles. The van der Waals surface area contributed by atoms with Gasteiger partial charge in [-0.15, -0.1) is 0 Å². The fourth-order valence-corrected chi connectivity index (χ4v) is 3.37. The van der Waals surface area contributed by atoms with Gasteiger partial charge in [0.2, 0.25) is 5.91 Å². The average molecular weight is 360 g/mol. The standard InChI is InChI=1S/C23H24N2O2/c26-21(25-23(19-14-15-19)18-10-5-2-6-11-18)12-7-13-22-24-16-20(27-22)17-8-3-1-4-9-17/h1-6,8-11,16,19,23H,7,12-15H2,(H,25,26)/t23-/m1/s1. The van der Waals surface area contributed by atoms with Crippen LogP contribution in [0, 0.1) is 5.92 Å². The number of benzene rings is 2. The van der Waals surface area contributed by atoms with Crippen LogP contribution in [0.15, 0.2) is 71.3 Å². The van der Waals surface area contributed by atoms with Gasteiger partial charge in [-0.3, -0.25) is 4.79 Å². The first-order valence-corrected chi connectivity index (χ1v) is 9.64. The highest BCUT2D eigenvalue weighted by Gasteiger charge is 2.33. The molecule has 138 valence electrons. The fourth-order valence-electron chi connectivity index (χ4n) is 3.37. The molecule has 1 fully saturated rings. The molecule has 0 radical (unpaired) electrons. The Morgan fingerprint density at radius 2 is 1.78 bits per heavy atom. The van der Waals surface area contributed by atoms with Gasteiger partial charge in [0.15, 0.2) is 11.7 Å². The monoisotopic (exact) mass is 360 g/mol. The Kier molecular flexibility index (Phi) is 5.33. The fraction of sp³-hybridized carbons (Fsp3) is 0.304. The smallest absolute Gasteiger partial charge is 0.220 e. The van der Waals surface area contributed by atoms with Crippen molar-refractivity contribution in [1.82, 2.24) is 10.3 Å². The maximum absolute atomic E-state index is 12.4. The number of carbonyl (C=O) groups is 1. The van der Waals surface area contributed by atoms with E-state index in [1.165, 1.54) is 18.4 Å². The van der Waals surface area contributed by atoms with Crippen LogP contribution in [0.4, 0.5) is 0 Å². The Balaban J connectivity index is 1.28. The van der Waals surface area contributed by atoms with Crippen molar-refractivity contribution in [1.29, 1.82) is 0 Å². The second kappa shape index (κ2) is 8.21. The van der Waals surface area contributed by atoms with Crippen LogP contribution >= 0.6 is 0 Å². The lowest BCUT2D eigenvalue weighted by atomic mass is 10.0. The van der Waals surface area contributed by atoms with Crippen LogP contribution in [0.25, 0.3) is 11.3 Å². The predicted molar refractivity (Wildman–Crippen MR) is 105 cm³/mol. The molecule has 1 aliphatic carbocycles. The largest absolute Gasteiger partial charge is 0.441 e. The maximum Gasteiger partial charge on any atom is 0.220 e. The number of hydrogen-bond acceptors (Lipinski definition) is 3. The number of carbonyl (C=O) groups excluding carboxylic acids is 1. The van der Waals surface area contributed by atoms with Crippen LogP contribution in [0.1, 0.15) is 43.2 Å². The SMILES string of the molecule is O=C(CCCc1ncc(-c2ccccc2)o1)N[C@H](c1ccccc1)C1CC1. The molecule has 1 aromatic heterocycles. The molecule has 4 nitrogen and oxygen atoms in total. The second-order valence-corrected chi connectivity index (χ2v) is 7.13. The van der Waals surface area contributed by atoms with E-state index in [0.717, 1.165) is 17.7 Å². The molecule has 2 aromatic carbocycles. The summed E-state index contributed by atoms with van der Waals surface area (Å²) in [5.41, 5.74) is 2.22. The zero-order valence-corrected chi connectivity index (χ0v) is 15.3. The molecule has 1 amide bonds. The Morgan fingerprint density at radius 1 is 1.07 bits per heavy atom. The first-order chi connectivity index (χ1) is 13.3. The minimum absolute atomic E-state index is 0.102. The molecular formula is C23H24N2O2. The van der Waals surface area contributed by atoms with Crippen LogP contribution in [-0.4, -0.2) is 10.9 Å². The van der Waals surface area contributed by atoms with Gasteiger partial charge in [-0.2, -0.15) is 0 Å². The van der Waals surface area contributed by atoms with Gasteiger partial charge in [0, 0.05) is 18.4 Å². The second-order valence-electron chi connectivity index (χ2n) is 7.13. The van der Waals surface area contributed by atoms with Crippen LogP contribution in [-0.2, 0) is 11.2 Å². The van der Waals surface area contributed by atoms with E-state index in [1.807, 2.05) is 48.5 Å². The van der Waals surface area contributed by atoms with E-state index >= 15 is 0 Å². The molecule has 4 heteroatoms. The summed E-state index contributed by atoms with van der Waals surface area (Å²) >= 11 is 0. The molecule has 0 spiro atoms. The van der Waals surface area contributed by atoms with Crippen molar-refractivity contribution >= 4 is 5.91 Å². The molecule has 27 heavy (non-hydrogen) atoms. The Morgan fingerprint density at radius 3 is 2.48 bits per heavy atom. The van der Waals surface area contributed by atoms with E-state index in [-0.39, 0.29) is 11.9 Å². The van der Waals surface area contributed by atoms with Gasteiger partial charge < -0.3 is 9.73 Å². The molecular weight excluding hydrogens is 336 g/mol. The number of hydrogen-bond donors (Lipinski definition) is 1. The summed E-state index contributed by atoms with van der Waals surface area (Å²) < 4.78 is 5.81. The average Bonchev–Trinajstić information content (AvgIpc) is 3.45. The van der Waals surface area contributed by atoms with Crippen molar-refractivity contribution in [2.24, 2.45) is 5.92 Å². The summed E-state index contributed by atoms with van der Waals surface area (Å²) in [5.74, 6) is 2.14. The van der Waals surface area contributed by atoms with Crippen molar-refractivity contribution in [3.8, 4) is 11.3 Å². The predicted octanol–water partition coefficient (Wildman–Crippen LogP) is 4.93. The van der Waals surface area contributed by atoms with E-state index in [4.69, 9.17) is 4.42 Å². The molecule has 3 aromatic rings. The van der Waals surface area contributed by atoms with Gasteiger partial charge in [0.25, 0.3) is 0 Å². The van der Waals surface area contributed by atoms with E-state index in [9.17, 15) is 4.79 Å². The third kappa shape index (κ3) is 4.64. The van der Waals surface area contributed by atoms with Gasteiger partial charge >= 0.3 is 0 Å². The zero-order chi connectivity index (χ0) is 18.5. The number of oxazole rings is 1. The molecule has 4 rings (SSSR count). The quantitative estimate of drug-likeness (QED) is 0.619. The minimum atomic E-state index is 0.102. The van der Waals surface area contributed by atoms with Gasteiger partial charge in [0.1, 0.15) is 0 Å². The van der Waals surface area contributed by atoms with Crippen molar-refractivity contribution in [3.63, 3.8) is 0 Å². The van der Waals surface area contributed by atoms with Crippen molar-refractivity contribution in [2.75, 3.05) is 0 Å². The first-order valence-electron chi connectivity index (χ1n) is 9.64. The number of amides is 1. The number of nitrogens with one attached hydrogen (secondary N) is 1. The highest BCUT2D eigenvalue weighted by atomic mass is 16.4. The normalized spacial score (nSPS) is 14.7. The third-order valence-electron chi connectivity index (χ3n) is 4.97. The molecule has 1 heterocycles. The van der Waals surface area contributed by atoms with Crippen molar-refractivity contribution in [3.05, 3.63) is 78.3 Å². The Bertz CT molecular complexity index is 870. The molecule has 1 N–H and O–H groups in total. The summed E-state index contributed by atoms with van der Waals surface area (Å²) in [6.07, 6.45) is 6.02. The number of aryl methyl sites for hydroxylation is 1. The van der Waals surface area contributed by atoms with Gasteiger partial charge in [-0.05, 0) is 30.7 Å². The van der Waals surface area contributed by atoms with Gasteiger partial charge in [-0.1, -0.05) is 60.7 Å². The highest BCUT2D eigenvalue weighted by molar-refractivity contribution is 5.76. The van der Waals surface area contributed by atoms with E-state index < -0.39 is 0 Å². The lowest BCUT2D eigenvalue weighted by Crippen LogP contribution is -2.29. The lowest BCUT2D eigenvalue weighted by molar-refractivity contribution is -0.122. The maximum atomic E-state index is 12.4. The molecule has 1 atom stereocenters. The minimum Gasteiger partial charge on any atom is -0.441 e. The molecule has 0 bridgehead atoms. The third-order valence-corrected chi connectivity index (χ3v) is 4.97.